The van der Waals surface area contributed by atoms with Crippen molar-refractivity contribution in [3.63, 3.8) is 0 Å². The molecule has 2 aliphatic carbocycles. The van der Waals surface area contributed by atoms with Gasteiger partial charge in [0.05, 0.1) is 23.7 Å². The predicted molar refractivity (Wildman–Crippen MR) is 106 cm³/mol. The van der Waals surface area contributed by atoms with Gasteiger partial charge in [0.1, 0.15) is 0 Å². The molecule has 2 aromatic rings. The molecule has 0 bridgehead atoms. The number of hydrogen-bond acceptors (Lipinski definition) is 3. The SMILES string of the molecule is O=C(NCc1nn(C2CCCC2)c(=O)c2ccccc12)NC1CCCCC1. The second kappa shape index (κ2) is 8.11. The van der Waals surface area contributed by atoms with E-state index in [2.05, 4.69) is 15.7 Å². The fourth-order valence-corrected chi connectivity index (χ4v) is 4.45. The van der Waals surface area contributed by atoms with Gasteiger partial charge in [-0.1, -0.05) is 50.3 Å². The predicted octanol–water partition coefficient (Wildman–Crippen LogP) is 3.64. The lowest BCUT2D eigenvalue weighted by atomic mass is 9.96. The number of aromatic nitrogens is 2. The Bertz CT molecular complexity index is 864. The summed E-state index contributed by atoms with van der Waals surface area (Å²) in [6.45, 7) is 0.325. The number of hydrogen-bond donors (Lipinski definition) is 2. The van der Waals surface area contributed by atoms with Crippen LogP contribution >= 0.6 is 0 Å². The molecule has 2 saturated carbocycles. The smallest absolute Gasteiger partial charge is 0.315 e. The summed E-state index contributed by atoms with van der Waals surface area (Å²) < 4.78 is 1.66. The summed E-state index contributed by atoms with van der Waals surface area (Å²) in [5.74, 6) is 0. The summed E-state index contributed by atoms with van der Waals surface area (Å²) in [4.78, 5) is 25.2. The topological polar surface area (TPSA) is 76.0 Å². The average Bonchev–Trinajstić information content (AvgIpc) is 3.23. The van der Waals surface area contributed by atoms with E-state index in [9.17, 15) is 9.59 Å². The van der Waals surface area contributed by atoms with E-state index in [1.54, 1.807) is 4.68 Å². The van der Waals surface area contributed by atoms with Crippen LogP contribution in [0.25, 0.3) is 10.8 Å². The minimum atomic E-state index is -0.147. The van der Waals surface area contributed by atoms with Crippen molar-refractivity contribution in [1.29, 1.82) is 0 Å². The van der Waals surface area contributed by atoms with Crippen LogP contribution < -0.4 is 16.2 Å². The van der Waals surface area contributed by atoms with Gasteiger partial charge in [0.25, 0.3) is 5.56 Å². The van der Waals surface area contributed by atoms with E-state index < -0.39 is 0 Å². The molecular formula is C21H28N4O2. The standard InChI is InChI=1S/C21H28N4O2/c26-20-18-13-7-6-12-17(18)19(24-25(20)16-10-4-5-11-16)14-22-21(27)23-15-8-2-1-3-9-15/h6-7,12-13,15-16H,1-5,8-11,14H2,(H2,22,23,27). The Morgan fingerprint density at radius 2 is 1.67 bits per heavy atom. The number of amides is 2. The number of carbonyl (C=O) groups excluding carboxylic acids is 1. The highest BCUT2D eigenvalue weighted by Gasteiger charge is 2.22. The molecule has 6 heteroatoms. The molecule has 0 aliphatic heterocycles. The number of benzene rings is 1. The van der Waals surface area contributed by atoms with E-state index in [1.165, 1.54) is 19.3 Å². The Morgan fingerprint density at radius 1 is 1.00 bits per heavy atom. The van der Waals surface area contributed by atoms with Gasteiger partial charge in [-0.3, -0.25) is 4.79 Å². The monoisotopic (exact) mass is 368 g/mol. The van der Waals surface area contributed by atoms with E-state index in [0.717, 1.165) is 49.6 Å². The number of rotatable bonds is 4. The number of fused-ring (bicyclic) bond motifs is 1. The van der Waals surface area contributed by atoms with Crippen LogP contribution in [0, 0.1) is 0 Å². The second-order valence-corrected chi connectivity index (χ2v) is 7.84. The molecule has 4 rings (SSSR count). The summed E-state index contributed by atoms with van der Waals surface area (Å²) >= 11 is 0. The molecule has 0 saturated heterocycles. The highest BCUT2D eigenvalue weighted by molar-refractivity contribution is 5.84. The first kappa shape index (κ1) is 18.0. The fraction of sp³-hybridized carbons (Fsp3) is 0.571. The quantitative estimate of drug-likeness (QED) is 0.865. The van der Waals surface area contributed by atoms with Crippen molar-refractivity contribution in [2.75, 3.05) is 0 Å². The van der Waals surface area contributed by atoms with Crippen molar-refractivity contribution < 1.29 is 4.79 Å². The molecule has 0 spiro atoms. The number of carbonyl (C=O) groups is 1. The molecule has 0 atom stereocenters. The summed E-state index contributed by atoms with van der Waals surface area (Å²) in [6.07, 6.45) is 10.0. The van der Waals surface area contributed by atoms with Gasteiger partial charge in [0.15, 0.2) is 0 Å². The third kappa shape index (κ3) is 3.99. The highest BCUT2D eigenvalue weighted by atomic mass is 16.2. The van der Waals surface area contributed by atoms with Crippen LogP contribution in [0.5, 0.6) is 0 Å². The van der Waals surface area contributed by atoms with Gasteiger partial charge in [-0.15, -0.1) is 0 Å². The summed E-state index contributed by atoms with van der Waals surface area (Å²) in [6, 6.07) is 7.87. The van der Waals surface area contributed by atoms with Crippen molar-refractivity contribution in [2.45, 2.75) is 76.4 Å². The molecule has 0 unspecified atom stereocenters. The van der Waals surface area contributed by atoms with Gasteiger partial charge in [-0.25, -0.2) is 9.48 Å². The van der Waals surface area contributed by atoms with E-state index in [-0.39, 0.29) is 23.7 Å². The Morgan fingerprint density at radius 3 is 2.41 bits per heavy atom. The Balaban J connectivity index is 1.54. The number of nitrogens with one attached hydrogen (secondary N) is 2. The lowest BCUT2D eigenvalue weighted by Crippen LogP contribution is -2.43. The van der Waals surface area contributed by atoms with Crippen molar-refractivity contribution in [3.8, 4) is 0 Å². The van der Waals surface area contributed by atoms with E-state index in [0.29, 0.717) is 11.9 Å². The molecular weight excluding hydrogens is 340 g/mol. The van der Waals surface area contributed by atoms with Gasteiger partial charge in [-0.05, 0) is 31.7 Å². The molecule has 2 fully saturated rings. The second-order valence-electron chi connectivity index (χ2n) is 7.84. The number of nitrogens with zero attached hydrogens (tertiary/aromatic N) is 2. The zero-order valence-electron chi connectivity index (χ0n) is 15.7. The molecule has 2 aliphatic rings. The molecule has 2 N–H and O–H groups in total. The minimum Gasteiger partial charge on any atom is -0.335 e. The van der Waals surface area contributed by atoms with Crippen LogP contribution in [-0.4, -0.2) is 21.9 Å². The van der Waals surface area contributed by atoms with E-state index >= 15 is 0 Å². The first-order valence-corrected chi connectivity index (χ1v) is 10.3. The first-order chi connectivity index (χ1) is 13.2. The maximum atomic E-state index is 12.9. The van der Waals surface area contributed by atoms with Crippen molar-refractivity contribution in [1.82, 2.24) is 20.4 Å². The van der Waals surface area contributed by atoms with Gasteiger partial charge >= 0.3 is 6.03 Å². The summed E-state index contributed by atoms with van der Waals surface area (Å²) in [5, 5.41) is 12.2. The van der Waals surface area contributed by atoms with Crippen LogP contribution in [0.4, 0.5) is 4.79 Å². The van der Waals surface area contributed by atoms with Crippen molar-refractivity contribution >= 4 is 16.8 Å². The summed E-state index contributed by atoms with van der Waals surface area (Å²) in [7, 11) is 0. The molecule has 0 radical (unpaired) electrons. The van der Waals surface area contributed by atoms with Crippen molar-refractivity contribution in [3.05, 3.63) is 40.3 Å². The van der Waals surface area contributed by atoms with Gasteiger partial charge in [-0.2, -0.15) is 5.10 Å². The lowest BCUT2D eigenvalue weighted by Gasteiger charge is -2.23. The highest BCUT2D eigenvalue weighted by Crippen LogP contribution is 2.28. The van der Waals surface area contributed by atoms with E-state index in [4.69, 9.17) is 0 Å². The van der Waals surface area contributed by atoms with Crippen molar-refractivity contribution in [2.24, 2.45) is 0 Å². The zero-order chi connectivity index (χ0) is 18.6. The summed E-state index contributed by atoms with van der Waals surface area (Å²) in [5.41, 5.74) is 0.740. The largest absolute Gasteiger partial charge is 0.335 e. The van der Waals surface area contributed by atoms with Gasteiger partial charge < -0.3 is 10.6 Å². The lowest BCUT2D eigenvalue weighted by molar-refractivity contribution is 0.232. The molecule has 1 aromatic heterocycles. The molecule has 144 valence electrons. The third-order valence-electron chi connectivity index (χ3n) is 5.93. The minimum absolute atomic E-state index is 0.0205. The molecule has 6 nitrogen and oxygen atoms in total. The Labute approximate surface area is 159 Å². The maximum absolute atomic E-state index is 12.9. The third-order valence-corrected chi connectivity index (χ3v) is 5.93. The molecule has 27 heavy (non-hydrogen) atoms. The normalized spacial score (nSPS) is 18.7. The molecule has 1 heterocycles. The maximum Gasteiger partial charge on any atom is 0.315 e. The average molecular weight is 368 g/mol. The Hall–Kier alpha value is -2.37. The van der Waals surface area contributed by atoms with Crippen LogP contribution in [-0.2, 0) is 6.54 Å². The molecule has 2 amide bonds. The van der Waals surface area contributed by atoms with Crippen LogP contribution in [0.2, 0.25) is 0 Å². The van der Waals surface area contributed by atoms with E-state index in [1.807, 2.05) is 24.3 Å². The van der Waals surface area contributed by atoms with Gasteiger partial charge in [0, 0.05) is 11.4 Å². The number of urea groups is 1. The van der Waals surface area contributed by atoms with Crippen LogP contribution in [0.1, 0.15) is 69.5 Å². The fourth-order valence-electron chi connectivity index (χ4n) is 4.45. The zero-order valence-corrected chi connectivity index (χ0v) is 15.7. The molecule has 1 aromatic carbocycles. The van der Waals surface area contributed by atoms with Crippen LogP contribution in [0.15, 0.2) is 29.1 Å². The first-order valence-electron chi connectivity index (χ1n) is 10.3. The van der Waals surface area contributed by atoms with Gasteiger partial charge in [0.2, 0.25) is 0 Å². The Kier molecular flexibility index (Phi) is 5.41. The van der Waals surface area contributed by atoms with Crippen LogP contribution in [0.3, 0.4) is 0 Å².